The topological polar surface area (TPSA) is 17.1 Å². The van der Waals surface area contributed by atoms with Crippen molar-refractivity contribution in [3.63, 3.8) is 0 Å². The van der Waals surface area contributed by atoms with Crippen LogP contribution in [0.25, 0.3) is 0 Å². The number of carbonyl (C=O) groups excluding carboxylic acids is 1. The molecule has 0 saturated carbocycles. The quantitative estimate of drug-likeness (QED) is 0.739. The molecule has 0 aliphatic carbocycles. The molecule has 1 aromatic carbocycles. The van der Waals surface area contributed by atoms with Crippen molar-refractivity contribution in [3.8, 4) is 0 Å². The summed E-state index contributed by atoms with van der Waals surface area (Å²) in [5, 5.41) is 0. The second-order valence-corrected chi connectivity index (χ2v) is 3.79. The third-order valence-electron chi connectivity index (χ3n) is 2.04. The Balaban J connectivity index is 3.33. The van der Waals surface area contributed by atoms with Gasteiger partial charge in [-0.25, -0.2) is 8.78 Å². The van der Waals surface area contributed by atoms with Crippen LogP contribution in [0, 0.1) is 6.92 Å². The Bertz CT molecular complexity index is 375. The van der Waals surface area contributed by atoms with Gasteiger partial charge in [-0.1, -0.05) is 6.07 Å². The Labute approximate surface area is 89.3 Å². The van der Waals surface area contributed by atoms with E-state index in [1.54, 1.807) is 6.92 Å². The van der Waals surface area contributed by atoms with Crippen molar-refractivity contribution in [2.75, 3.05) is 0 Å². The fourth-order valence-electron chi connectivity index (χ4n) is 1.21. The van der Waals surface area contributed by atoms with Gasteiger partial charge in [0.05, 0.1) is 0 Å². The molecule has 0 fully saturated rings. The summed E-state index contributed by atoms with van der Waals surface area (Å²) < 4.78 is 25.3. The van der Waals surface area contributed by atoms with Crippen LogP contribution < -0.4 is 0 Å². The standard InChI is InChI=1S/C10H9BrF2O/c1-5-7(10(12)13)3-4-8(6(2)14)9(5)11/h3-4,10H,1-2H3. The van der Waals surface area contributed by atoms with Crippen molar-refractivity contribution in [2.45, 2.75) is 20.3 Å². The average molecular weight is 263 g/mol. The maximum atomic E-state index is 12.4. The van der Waals surface area contributed by atoms with Crippen molar-refractivity contribution >= 4 is 21.7 Å². The summed E-state index contributed by atoms with van der Waals surface area (Å²) in [4.78, 5) is 11.1. The van der Waals surface area contributed by atoms with Gasteiger partial charge in [-0.05, 0) is 41.4 Å². The van der Waals surface area contributed by atoms with E-state index in [4.69, 9.17) is 0 Å². The van der Waals surface area contributed by atoms with Gasteiger partial charge in [0.25, 0.3) is 6.43 Å². The summed E-state index contributed by atoms with van der Waals surface area (Å²) >= 11 is 3.15. The maximum Gasteiger partial charge on any atom is 0.264 e. The molecule has 0 atom stereocenters. The molecule has 0 unspecified atom stereocenters. The first-order valence-electron chi connectivity index (χ1n) is 4.03. The first kappa shape index (κ1) is 11.3. The molecule has 0 saturated heterocycles. The van der Waals surface area contributed by atoms with Crippen molar-refractivity contribution < 1.29 is 13.6 Å². The van der Waals surface area contributed by atoms with Gasteiger partial charge < -0.3 is 0 Å². The predicted octanol–water partition coefficient (Wildman–Crippen LogP) is 3.90. The summed E-state index contributed by atoms with van der Waals surface area (Å²) in [6.07, 6.45) is -2.51. The largest absolute Gasteiger partial charge is 0.294 e. The Morgan fingerprint density at radius 3 is 2.43 bits per heavy atom. The van der Waals surface area contributed by atoms with E-state index in [-0.39, 0.29) is 11.3 Å². The van der Waals surface area contributed by atoms with Crippen LogP contribution in [0.15, 0.2) is 16.6 Å². The van der Waals surface area contributed by atoms with Gasteiger partial charge >= 0.3 is 0 Å². The van der Waals surface area contributed by atoms with Crippen LogP contribution in [0.4, 0.5) is 8.78 Å². The summed E-state index contributed by atoms with van der Waals surface area (Å²) in [7, 11) is 0. The highest BCUT2D eigenvalue weighted by Gasteiger charge is 2.16. The fraction of sp³-hybridized carbons (Fsp3) is 0.300. The van der Waals surface area contributed by atoms with Crippen LogP contribution in [0.2, 0.25) is 0 Å². The lowest BCUT2D eigenvalue weighted by molar-refractivity contribution is 0.101. The van der Waals surface area contributed by atoms with E-state index >= 15 is 0 Å². The zero-order valence-corrected chi connectivity index (χ0v) is 9.36. The van der Waals surface area contributed by atoms with Gasteiger partial charge in [0.15, 0.2) is 5.78 Å². The highest BCUT2D eigenvalue weighted by Crippen LogP contribution is 2.30. The molecular weight excluding hydrogens is 254 g/mol. The van der Waals surface area contributed by atoms with Crippen LogP contribution in [-0.4, -0.2) is 5.78 Å². The van der Waals surface area contributed by atoms with Crippen LogP contribution in [0.1, 0.15) is 34.8 Å². The number of hydrogen-bond acceptors (Lipinski definition) is 1. The number of benzene rings is 1. The highest BCUT2D eigenvalue weighted by molar-refractivity contribution is 9.10. The molecule has 0 radical (unpaired) electrons. The van der Waals surface area contributed by atoms with Gasteiger partial charge in [0.2, 0.25) is 0 Å². The van der Waals surface area contributed by atoms with Gasteiger partial charge in [-0.2, -0.15) is 0 Å². The number of Topliss-reactive ketones (excluding diaryl/α,β-unsaturated/α-hetero) is 1. The third kappa shape index (κ3) is 2.00. The van der Waals surface area contributed by atoms with Crippen LogP contribution in [0.5, 0.6) is 0 Å². The molecule has 0 aromatic heterocycles. The van der Waals surface area contributed by atoms with Gasteiger partial charge in [-0.15, -0.1) is 0 Å². The van der Waals surface area contributed by atoms with E-state index < -0.39 is 6.43 Å². The number of halogens is 3. The molecule has 76 valence electrons. The van der Waals surface area contributed by atoms with E-state index in [0.717, 1.165) is 0 Å². The summed E-state index contributed by atoms with van der Waals surface area (Å²) in [5.41, 5.74) is 0.821. The minimum Gasteiger partial charge on any atom is -0.294 e. The average Bonchev–Trinajstić information content (AvgIpc) is 2.08. The van der Waals surface area contributed by atoms with E-state index in [1.165, 1.54) is 19.1 Å². The third-order valence-corrected chi connectivity index (χ3v) is 3.06. The zero-order valence-electron chi connectivity index (χ0n) is 7.77. The number of carbonyl (C=O) groups is 1. The van der Waals surface area contributed by atoms with Crippen LogP contribution in [-0.2, 0) is 0 Å². The van der Waals surface area contributed by atoms with Gasteiger partial charge in [0, 0.05) is 15.6 Å². The van der Waals surface area contributed by atoms with E-state index in [0.29, 0.717) is 15.6 Å². The van der Waals surface area contributed by atoms with Crippen LogP contribution in [0.3, 0.4) is 0 Å². The number of ketones is 1. The smallest absolute Gasteiger partial charge is 0.264 e. The number of alkyl halides is 2. The molecule has 0 bridgehead atoms. The van der Waals surface area contributed by atoms with Crippen LogP contribution >= 0.6 is 15.9 Å². The predicted molar refractivity (Wildman–Crippen MR) is 53.8 cm³/mol. The fourth-order valence-corrected chi connectivity index (χ4v) is 1.85. The maximum absolute atomic E-state index is 12.4. The molecule has 0 amide bonds. The van der Waals surface area contributed by atoms with Gasteiger partial charge in [-0.3, -0.25) is 4.79 Å². The molecule has 0 aliphatic rings. The molecule has 14 heavy (non-hydrogen) atoms. The molecule has 0 N–H and O–H groups in total. The molecule has 0 spiro atoms. The Hall–Kier alpha value is -0.770. The summed E-state index contributed by atoms with van der Waals surface area (Å²) in [6, 6.07) is 2.71. The number of hydrogen-bond donors (Lipinski definition) is 0. The normalized spacial score (nSPS) is 10.7. The molecule has 0 aliphatic heterocycles. The Morgan fingerprint density at radius 2 is 2.00 bits per heavy atom. The summed E-state index contributed by atoms with van der Waals surface area (Å²) in [6.45, 7) is 2.97. The minimum absolute atomic E-state index is 0.0399. The molecular formula is C10H9BrF2O. The second-order valence-electron chi connectivity index (χ2n) is 3.00. The second kappa shape index (κ2) is 4.17. The molecule has 4 heteroatoms. The Morgan fingerprint density at radius 1 is 1.43 bits per heavy atom. The van der Waals surface area contributed by atoms with Crippen molar-refractivity contribution in [1.82, 2.24) is 0 Å². The first-order valence-corrected chi connectivity index (χ1v) is 4.82. The lowest BCUT2D eigenvalue weighted by Crippen LogP contribution is -1.99. The van der Waals surface area contributed by atoms with Crippen molar-refractivity contribution in [1.29, 1.82) is 0 Å². The molecule has 0 heterocycles. The molecule has 1 aromatic rings. The number of rotatable bonds is 2. The van der Waals surface area contributed by atoms with Gasteiger partial charge in [0.1, 0.15) is 0 Å². The van der Waals surface area contributed by atoms with Crippen molar-refractivity contribution in [3.05, 3.63) is 33.3 Å². The van der Waals surface area contributed by atoms with Crippen molar-refractivity contribution in [2.24, 2.45) is 0 Å². The zero-order chi connectivity index (χ0) is 10.9. The summed E-state index contributed by atoms with van der Waals surface area (Å²) in [5.74, 6) is -0.138. The lowest BCUT2D eigenvalue weighted by atomic mass is 10.0. The molecule has 1 rings (SSSR count). The SMILES string of the molecule is CC(=O)c1ccc(C(F)F)c(C)c1Br. The van der Waals surface area contributed by atoms with E-state index in [2.05, 4.69) is 15.9 Å². The lowest BCUT2D eigenvalue weighted by Gasteiger charge is -2.09. The van der Waals surface area contributed by atoms with E-state index in [9.17, 15) is 13.6 Å². The first-order chi connectivity index (χ1) is 6.45. The highest BCUT2D eigenvalue weighted by atomic mass is 79.9. The monoisotopic (exact) mass is 262 g/mol. The Kier molecular flexibility index (Phi) is 3.37. The molecule has 1 nitrogen and oxygen atoms in total. The van der Waals surface area contributed by atoms with E-state index in [1.807, 2.05) is 0 Å². The minimum atomic E-state index is -2.51.